The Kier molecular flexibility index (Phi) is 1.81. The van der Waals surface area contributed by atoms with Crippen molar-refractivity contribution >= 4 is 5.78 Å². The highest BCUT2D eigenvalue weighted by Gasteiger charge is 1.98. The molecule has 0 bridgehead atoms. The predicted octanol–water partition coefficient (Wildman–Crippen LogP) is 0.816. The molecular weight excluding hydrogens is 126 g/mol. The van der Waals surface area contributed by atoms with Gasteiger partial charge < -0.3 is 0 Å². The molecule has 10 heavy (non-hydrogen) atoms. The maximum atomic E-state index is 10.7. The lowest BCUT2D eigenvalue weighted by Crippen LogP contribution is -2.23. The highest BCUT2D eigenvalue weighted by Crippen LogP contribution is 1.94. The Morgan fingerprint density at radius 1 is 1.50 bits per heavy atom. The molecule has 2 nitrogen and oxygen atoms in total. The third-order valence-corrected chi connectivity index (χ3v) is 1.30. The molecular formula is C8H9NO+. The monoisotopic (exact) mass is 135 g/mol. The van der Waals surface area contributed by atoms with Crippen molar-refractivity contribution in [1.82, 2.24) is 0 Å². The fraction of sp³-hybridized carbons (Fsp3) is 0.125. The number of carbonyl (C=O) groups is 1. The van der Waals surface area contributed by atoms with E-state index in [4.69, 9.17) is 0 Å². The maximum Gasteiger partial charge on any atom is 0.206 e. The zero-order valence-corrected chi connectivity index (χ0v) is 5.87. The van der Waals surface area contributed by atoms with Crippen molar-refractivity contribution in [2.24, 2.45) is 0 Å². The van der Waals surface area contributed by atoms with Crippen LogP contribution in [0.2, 0.25) is 0 Å². The molecule has 0 unspecified atom stereocenters. The Morgan fingerprint density at radius 3 is 2.40 bits per heavy atom. The molecule has 0 aliphatic heterocycles. The van der Waals surface area contributed by atoms with E-state index in [2.05, 4.69) is 7.05 Å². The largest absolute Gasteiger partial charge is 0.295 e. The minimum Gasteiger partial charge on any atom is -0.295 e. The fourth-order valence-electron chi connectivity index (χ4n) is 0.692. The number of Topliss-reactive ketones (excluding diaryl/α,β-unsaturated/α-hetero) is 1. The molecule has 0 saturated carbocycles. The van der Waals surface area contributed by atoms with Gasteiger partial charge in [-0.15, -0.1) is 0 Å². The van der Waals surface area contributed by atoms with Gasteiger partial charge >= 0.3 is 0 Å². The zero-order chi connectivity index (χ0) is 7.56. The number of pyridine rings is 1. The van der Waals surface area contributed by atoms with E-state index in [0.717, 1.165) is 5.56 Å². The molecule has 0 atom stereocenters. The average Bonchev–Trinajstić information content (AvgIpc) is 1.88. The normalized spacial score (nSPS) is 9.40. The lowest BCUT2D eigenvalue weighted by Gasteiger charge is -1.89. The average molecular weight is 135 g/mol. The third kappa shape index (κ3) is 1.41. The summed E-state index contributed by atoms with van der Waals surface area (Å²) in [4.78, 5) is 10.7. The smallest absolute Gasteiger partial charge is 0.206 e. The van der Waals surface area contributed by atoms with Crippen LogP contribution in [-0.4, -0.2) is 5.78 Å². The van der Waals surface area contributed by atoms with Gasteiger partial charge in [-0.25, -0.2) is 0 Å². The molecule has 0 aromatic carbocycles. The van der Waals surface area contributed by atoms with E-state index in [-0.39, 0.29) is 5.78 Å². The highest BCUT2D eigenvalue weighted by atomic mass is 16.1. The van der Waals surface area contributed by atoms with Crippen LogP contribution < -0.4 is 4.57 Å². The summed E-state index contributed by atoms with van der Waals surface area (Å²) < 4.78 is 1.65. The van der Waals surface area contributed by atoms with E-state index in [0.29, 0.717) is 0 Å². The van der Waals surface area contributed by atoms with Crippen molar-refractivity contribution < 1.29 is 9.36 Å². The number of rotatable bonds is 1. The van der Waals surface area contributed by atoms with Crippen LogP contribution in [0.1, 0.15) is 17.3 Å². The molecule has 1 aromatic heterocycles. The second-order valence-electron chi connectivity index (χ2n) is 2.16. The first kappa shape index (κ1) is 6.93. The number of hydrogen-bond donors (Lipinski definition) is 0. The molecule has 0 aliphatic carbocycles. The molecule has 2 heteroatoms. The summed E-state index contributed by atoms with van der Waals surface area (Å²) in [5, 5.41) is 0. The van der Waals surface area contributed by atoms with Gasteiger partial charge in [0.05, 0.1) is 0 Å². The van der Waals surface area contributed by atoms with E-state index in [1.165, 1.54) is 0 Å². The van der Waals surface area contributed by atoms with Gasteiger partial charge in [0.1, 0.15) is 0 Å². The first-order valence-electron chi connectivity index (χ1n) is 3.03. The second kappa shape index (κ2) is 2.60. The molecule has 0 saturated heterocycles. The molecule has 0 aliphatic rings. The van der Waals surface area contributed by atoms with Crippen LogP contribution in [0.3, 0.4) is 0 Å². The summed E-state index contributed by atoms with van der Waals surface area (Å²) in [7, 11) is 3.63. The SMILES string of the molecule is [CH2][n+]1ccc(C(C)=O)cc1. The van der Waals surface area contributed by atoms with E-state index >= 15 is 0 Å². The summed E-state index contributed by atoms with van der Waals surface area (Å²) in [6, 6.07) is 3.49. The predicted molar refractivity (Wildman–Crippen MR) is 37.4 cm³/mol. The Balaban J connectivity index is 3.00. The fourth-order valence-corrected chi connectivity index (χ4v) is 0.692. The Morgan fingerprint density at radius 2 is 2.00 bits per heavy atom. The van der Waals surface area contributed by atoms with Gasteiger partial charge in [-0.05, 0) is 6.92 Å². The number of hydrogen-bond acceptors (Lipinski definition) is 1. The second-order valence-corrected chi connectivity index (χ2v) is 2.16. The highest BCUT2D eigenvalue weighted by molar-refractivity contribution is 5.93. The number of ketones is 1. The molecule has 1 rings (SSSR count). The molecule has 1 radical (unpaired) electrons. The molecule has 0 N–H and O–H groups in total. The van der Waals surface area contributed by atoms with E-state index in [9.17, 15) is 4.79 Å². The van der Waals surface area contributed by atoms with Crippen molar-refractivity contribution in [2.45, 2.75) is 6.92 Å². The standard InChI is InChI=1S/C8H9NO/c1-7(10)8-3-5-9(2)6-4-8/h3-6H,2H2,1H3/q+1. The van der Waals surface area contributed by atoms with Gasteiger partial charge in [-0.3, -0.25) is 4.79 Å². The van der Waals surface area contributed by atoms with Crippen LogP contribution >= 0.6 is 0 Å². The van der Waals surface area contributed by atoms with Crippen molar-refractivity contribution in [1.29, 1.82) is 0 Å². The topological polar surface area (TPSA) is 20.9 Å². The number of carbonyl (C=O) groups excluding carboxylic acids is 1. The van der Waals surface area contributed by atoms with Crippen LogP contribution in [0, 0.1) is 7.05 Å². The summed E-state index contributed by atoms with van der Waals surface area (Å²) in [5.41, 5.74) is 0.722. The Labute approximate surface area is 60.1 Å². The third-order valence-electron chi connectivity index (χ3n) is 1.30. The van der Waals surface area contributed by atoms with Gasteiger partial charge in [0, 0.05) is 17.7 Å². The van der Waals surface area contributed by atoms with E-state index < -0.39 is 0 Å². The van der Waals surface area contributed by atoms with Crippen LogP contribution in [0.25, 0.3) is 0 Å². The van der Waals surface area contributed by atoms with Crippen molar-refractivity contribution in [3.63, 3.8) is 0 Å². The van der Waals surface area contributed by atoms with E-state index in [1.807, 2.05) is 0 Å². The van der Waals surface area contributed by atoms with Crippen molar-refractivity contribution in [3.05, 3.63) is 37.1 Å². The van der Waals surface area contributed by atoms with Crippen LogP contribution in [0.4, 0.5) is 0 Å². The van der Waals surface area contributed by atoms with Gasteiger partial charge in [-0.2, -0.15) is 4.57 Å². The molecule has 0 spiro atoms. The summed E-state index contributed by atoms with van der Waals surface area (Å²) in [6.45, 7) is 1.54. The van der Waals surface area contributed by atoms with Crippen LogP contribution in [0.5, 0.6) is 0 Å². The van der Waals surface area contributed by atoms with Gasteiger partial charge in [-0.1, -0.05) is 0 Å². The molecule has 51 valence electrons. The van der Waals surface area contributed by atoms with Gasteiger partial charge in [0.2, 0.25) is 7.05 Å². The van der Waals surface area contributed by atoms with Crippen LogP contribution in [0.15, 0.2) is 24.5 Å². The minimum absolute atomic E-state index is 0.0839. The van der Waals surface area contributed by atoms with E-state index in [1.54, 1.807) is 36.0 Å². The Bertz CT molecular complexity index is 238. The van der Waals surface area contributed by atoms with Gasteiger partial charge in [0.25, 0.3) is 0 Å². The molecule has 0 amide bonds. The summed E-state index contributed by atoms with van der Waals surface area (Å²) in [5.74, 6) is 0.0839. The number of nitrogens with zero attached hydrogens (tertiary/aromatic N) is 1. The lowest BCUT2D eigenvalue weighted by atomic mass is 10.2. The van der Waals surface area contributed by atoms with Crippen LogP contribution in [-0.2, 0) is 0 Å². The first-order valence-corrected chi connectivity index (χ1v) is 3.03. The summed E-state index contributed by atoms with van der Waals surface area (Å²) >= 11 is 0. The Hall–Kier alpha value is -1.18. The van der Waals surface area contributed by atoms with Crippen molar-refractivity contribution in [3.8, 4) is 0 Å². The number of aromatic nitrogens is 1. The molecule has 1 aromatic rings. The van der Waals surface area contributed by atoms with Crippen molar-refractivity contribution in [2.75, 3.05) is 0 Å². The molecule has 0 fully saturated rings. The van der Waals surface area contributed by atoms with Gasteiger partial charge in [0.15, 0.2) is 18.2 Å². The first-order chi connectivity index (χ1) is 4.70. The summed E-state index contributed by atoms with van der Waals surface area (Å²) in [6.07, 6.45) is 3.49. The zero-order valence-electron chi connectivity index (χ0n) is 5.87. The molecule has 1 heterocycles. The minimum atomic E-state index is 0.0839. The quantitative estimate of drug-likeness (QED) is 0.412. The lowest BCUT2D eigenvalue weighted by molar-refractivity contribution is -0.612. The maximum absolute atomic E-state index is 10.7.